The summed E-state index contributed by atoms with van der Waals surface area (Å²) in [6.07, 6.45) is 6.36. The zero-order chi connectivity index (χ0) is 21.5. The molecule has 5 nitrogen and oxygen atoms in total. The molecule has 1 aromatic carbocycles. The largest absolute Gasteiger partial charge is 0.346 e. The molecule has 4 rings (SSSR count). The first-order valence-corrected chi connectivity index (χ1v) is 12.8. The van der Waals surface area contributed by atoms with Crippen LogP contribution < -0.4 is 0 Å². The summed E-state index contributed by atoms with van der Waals surface area (Å²) in [7, 11) is -3.48. The SMILES string of the molecule is Cc1ccc(S(=O)(=O)[C@@H]2C[C@H]3O[C@@H]4OC(C)(C)O[C@@H]4[C@@H]3[C@H]2C/C=C\CCCCl)cc1. The Hall–Kier alpha value is -0.920. The van der Waals surface area contributed by atoms with E-state index in [0.29, 0.717) is 23.6 Å². The van der Waals surface area contributed by atoms with Crippen molar-refractivity contribution in [3.8, 4) is 0 Å². The standard InChI is InChI=1S/C23H31ClO5S/c1-15-9-11-16(12-10-15)30(25,26)19-14-18-20(17(19)8-6-4-5-7-13-24)21-22(27-18)29-23(2,3)28-21/h4,6,9-12,17-22H,5,7-8,13-14H2,1-3H3/b6-4-/t17-,18+,19+,20+,21+,22+/m0/s1. The first-order valence-electron chi connectivity index (χ1n) is 10.8. The van der Waals surface area contributed by atoms with Crippen LogP contribution in [-0.2, 0) is 24.0 Å². The van der Waals surface area contributed by atoms with Crippen LogP contribution in [0.5, 0.6) is 0 Å². The van der Waals surface area contributed by atoms with Gasteiger partial charge in [0.2, 0.25) is 0 Å². The Balaban J connectivity index is 1.61. The molecule has 2 aliphatic heterocycles. The third-order valence-electron chi connectivity index (χ3n) is 6.47. The monoisotopic (exact) mass is 454 g/mol. The Morgan fingerprint density at radius 2 is 1.90 bits per heavy atom. The summed E-state index contributed by atoms with van der Waals surface area (Å²) in [6, 6.07) is 7.14. The number of aryl methyl sites for hydroxylation is 1. The van der Waals surface area contributed by atoms with Gasteiger partial charge in [0.1, 0.15) is 6.10 Å². The van der Waals surface area contributed by atoms with E-state index in [1.54, 1.807) is 12.1 Å². The van der Waals surface area contributed by atoms with E-state index < -0.39 is 27.2 Å². The van der Waals surface area contributed by atoms with Gasteiger partial charge in [-0.25, -0.2) is 8.42 Å². The minimum absolute atomic E-state index is 0.000301. The van der Waals surface area contributed by atoms with Gasteiger partial charge in [0, 0.05) is 11.8 Å². The molecule has 1 aliphatic carbocycles. The number of alkyl halides is 1. The Morgan fingerprint density at radius 1 is 1.17 bits per heavy atom. The van der Waals surface area contributed by atoms with E-state index in [1.807, 2.05) is 32.9 Å². The molecule has 0 N–H and O–H groups in total. The number of hydrogen-bond acceptors (Lipinski definition) is 5. The van der Waals surface area contributed by atoms with Crippen molar-refractivity contribution in [2.75, 3.05) is 5.88 Å². The summed E-state index contributed by atoms with van der Waals surface area (Å²) >= 11 is 5.77. The highest BCUT2D eigenvalue weighted by molar-refractivity contribution is 7.92. The molecule has 7 heteroatoms. The van der Waals surface area contributed by atoms with Crippen molar-refractivity contribution >= 4 is 21.4 Å². The van der Waals surface area contributed by atoms with Gasteiger partial charge in [-0.05, 0) is 64.5 Å². The Morgan fingerprint density at radius 3 is 2.60 bits per heavy atom. The van der Waals surface area contributed by atoms with E-state index in [-0.39, 0.29) is 24.0 Å². The van der Waals surface area contributed by atoms with Gasteiger partial charge in [-0.1, -0.05) is 29.8 Å². The van der Waals surface area contributed by atoms with Crippen LogP contribution in [0.1, 0.15) is 45.1 Å². The summed E-state index contributed by atoms with van der Waals surface area (Å²) in [5.74, 6) is -0.170. The molecule has 0 bridgehead atoms. The third-order valence-corrected chi connectivity index (χ3v) is 9.01. The fourth-order valence-electron chi connectivity index (χ4n) is 5.12. The van der Waals surface area contributed by atoms with Crippen molar-refractivity contribution in [3.05, 3.63) is 42.0 Å². The summed E-state index contributed by atoms with van der Waals surface area (Å²) in [6.45, 7) is 5.71. The molecular formula is C23H31ClO5S. The van der Waals surface area contributed by atoms with Crippen LogP contribution in [0.15, 0.2) is 41.3 Å². The molecule has 6 atom stereocenters. The topological polar surface area (TPSA) is 61.8 Å². The predicted molar refractivity (Wildman–Crippen MR) is 116 cm³/mol. The van der Waals surface area contributed by atoms with Crippen molar-refractivity contribution in [2.24, 2.45) is 11.8 Å². The Kier molecular flexibility index (Phi) is 6.35. The van der Waals surface area contributed by atoms with E-state index in [9.17, 15) is 8.42 Å². The predicted octanol–water partition coefficient (Wildman–Crippen LogP) is 4.62. The lowest BCUT2D eigenvalue weighted by Crippen LogP contribution is -2.35. The van der Waals surface area contributed by atoms with E-state index >= 15 is 0 Å². The van der Waals surface area contributed by atoms with Crippen LogP contribution in [0.3, 0.4) is 0 Å². The van der Waals surface area contributed by atoms with Crippen LogP contribution >= 0.6 is 11.6 Å². The van der Waals surface area contributed by atoms with Gasteiger partial charge in [-0.2, -0.15) is 0 Å². The molecule has 0 unspecified atom stereocenters. The highest BCUT2D eigenvalue weighted by atomic mass is 35.5. The van der Waals surface area contributed by atoms with Crippen LogP contribution in [0.25, 0.3) is 0 Å². The molecule has 0 aromatic heterocycles. The van der Waals surface area contributed by atoms with Crippen molar-refractivity contribution < 1.29 is 22.6 Å². The van der Waals surface area contributed by atoms with Crippen LogP contribution in [0.4, 0.5) is 0 Å². The zero-order valence-corrected chi connectivity index (χ0v) is 19.4. The van der Waals surface area contributed by atoms with Gasteiger partial charge in [0.15, 0.2) is 21.9 Å². The van der Waals surface area contributed by atoms with Gasteiger partial charge in [0.05, 0.1) is 16.2 Å². The number of rotatable bonds is 7. The fourth-order valence-corrected chi connectivity index (χ4v) is 7.33. The molecule has 3 fully saturated rings. The normalized spacial score (nSPS) is 35.1. The van der Waals surface area contributed by atoms with Crippen LogP contribution in [0, 0.1) is 18.8 Å². The highest BCUT2D eigenvalue weighted by Crippen LogP contribution is 2.53. The fraction of sp³-hybridized carbons (Fsp3) is 0.652. The smallest absolute Gasteiger partial charge is 0.187 e. The average molecular weight is 455 g/mol. The van der Waals surface area contributed by atoms with E-state index in [1.165, 1.54) is 0 Å². The van der Waals surface area contributed by atoms with Crippen molar-refractivity contribution in [3.63, 3.8) is 0 Å². The van der Waals surface area contributed by atoms with E-state index in [0.717, 1.165) is 18.4 Å². The summed E-state index contributed by atoms with van der Waals surface area (Å²) < 4.78 is 45.4. The Labute approximate surface area is 184 Å². The number of hydrogen-bond donors (Lipinski definition) is 0. The average Bonchev–Trinajstić information content (AvgIpc) is 3.28. The number of ether oxygens (including phenoxy) is 3. The minimum atomic E-state index is -3.48. The summed E-state index contributed by atoms with van der Waals surface area (Å²) in [4.78, 5) is 0.384. The molecule has 0 spiro atoms. The first-order chi connectivity index (χ1) is 14.2. The number of unbranched alkanes of at least 4 members (excludes halogenated alkanes) is 1. The lowest BCUT2D eigenvalue weighted by Gasteiger charge is -2.27. The number of fused-ring (bicyclic) bond motifs is 3. The van der Waals surface area contributed by atoms with Gasteiger partial charge < -0.3 is 14.2 Å². The van der Waals surface area contributed by atoms with E-state index in [4.69, 9.17) is 25.8 Å². The summed E-state index contributed by atoms with van der Waals surface area (Å²) in [5.41, 5.74) is 1.04. The van der Waals surface area contributed by atoms with Gasteiger partial charge in [-0.15, -0.1) is 11.6 Å². The molecule has 2 saturated heterocycles. The van der Waals surface area contributed by atoms with Gasteiger partial charge in [-0.3, -0.25) is 0 Å². The second-order valence-electron chi connectivity index (χ2n) is 9.05. The van der Waals surface area contributed by atoms with Crippen molar-refractivity contribution in [1.29, 1.82) is 0 Å². The maximum Gasteiger partial charge on any atom is 0.187 e. The maximum atomic E-state index is 13.6. The molecule has 2 heterocycles. The molecule has 3 aliphatic rings. The number of benzene rings is 1. The molecule has 1 saturated carbocycles. The maximum absolute atomic E-state index is 13.6. The molecular weight excluding hydrogens is 424 g/mol. The van der Waals surface area contributed by atoms with Crippen molar-refractivity contribution in [2.45, 2.75) is 80.9 Å². The Bertz CT molecular complexity index is 879. The lowest BCUT2D eigenvalue weighted by atomic mass is 9.88. The van der Waals surface area contributed by atoms with Crippen LogP contribution in [0.2, 0.25) is 0 Å². The van der Waals surface area contributed by atoms with Crippen LogP contribution in [-0.4, -0.2) is 43.8 Å². The quantitative estimate of drug-likeness (QED) is 0.342. The van der Waals surface area contributed by atoms with Gasteiger partial charge in [0.25, 0.3) is 0 Å². The van der Waals surface area contributed by atoms with Crippen molar-refractivity contribution in [1.82, 2.24) is 0 Å². The second kappa shape index (κ2) is 8.55. The zero-order valence-electron chi connectivity index (χ0n) is 17.8. The third kappa shape index (κ3) is 4.22. The molecule has 1 aromatic rings. The van der Waals surface area contributed by atoms with E-state index in [2.05, 4.69) is 12.2 Å². The number of sulfone groups is 1. The minimum Gasteiger partial charge on any atom is -0.346 e. The molecule has 166 valence electrons. The molecule has 0 amide bonds. The highest BCUT2D eigenvalue weighted by Gasteiger charge is 2.62. The second-order valence-corrected chi connectivity index (χ2v) is 11.6. The molecule has 0 radical (unpaired) electrons. The summed E-state index contributed by atoms with van der Waals surface area (Å²) in [5, 5.41) is -0.499. The lowest BCUT2D eigenvalue weighted by molar-refractivity contribution is -0.208. The van der Waals surface area contributed by atoms with Gasteiger partial charge >= 0.3 is 0 Å². The number of allylic oxidation sites excluding steroid dienone is 2. The first kappa shape index (κ1) is 22.3. The molecule has 30 heavy (non-hydrogen) atoms. The number of halogens is 1.